The van der Waals surface area contributed by atoms with Gasteiger partial charge in [-0.15, -0.1) is 0 Å². The lowest BCUT2D eigenvalue weighted by Gasteiger charge is -2.41. The third kappa shape index (κ3) is 4.39. The highest BCUT2D eigenvalue weighted by Crippen LogP contribution is 2.27. The van der Waals surface area contributed by atoms with Crippen molar-refractivity contribution in [2.24, 2.45) is 0 Å². The van der Waals surface area contributed by atoms with Gasteiger partial charge in [0.2, 0.25) is 12.0 Å². The normalized spacial score (nSPS) is 16.2. The second-order valence-electron chi connectivity index (χ2n) is 7.71. The maximum atomic E-state index is 13.1. The topological polar surface area (TPSA) is 115 Å². The second kappa shape index (κ2) is 9.05. The molecule has 1 aromatic heterocycles. The van der Waals surface area contributed by atoms with E-state index < -0.39 is 24.0 Å². The zero-order chi connectivity index (χ0) is 22.7. The fourth-order valence-corrected chi connectivity index (χ4v) is 3.80. The van der Waals surface area contributed by atoms with Crippen LogP contribution in [0.4, 0.5) is 5.82 Å². The van der Waals surface area contributed by atoms with Gasteiger partial charge in [0.05, 0.1) is 0 Å². The van der Waals surface area contributed by atoms with Gasteiger partial charge in [-0.1, -0.05) is 42.5 Å². The number of ether oxygens (including phenoxy) is 1. The van der Waals surface area contributed by atoms with Gasteiger partial charge in [-0.3, -0.25) is 14.4 Å². The van der Waals surface area contributed by atoms with Crippen molar-refractivity contribution < 1.29 is 19.1 Å². The number of nitrogens with zero attached hydrogens (tertiary/aromatic N) is 2. The van der Waals surface area contributed by atoms with Crippen LogP contribution in [-0.4, -0.2) is 40.3 Å². The highest BCUT2D eigenvalue weighted by atomic mass is 16.5. The van der Waals surface area contributed by atoms with Crippen molar-refractivity contribution in [1.82, 2.24) is 15.2 Å². The van der Waals surface area contributed by atoms with Crippen LogP contribution < -0.4 is 11.1 Å². The number of aromatic nitrogens is 1. The van der Waals surface area contributed by atoms with E-state index in [9.17, 15) is 14.4 Å². The summed E-state index contributed by atoms with van der Waals surface area (Å²) in [7, 11) is 0. The summed E-state index contributed by atoms with van der Waals surface area (Å²) in [5, 5.41) is 4.70. The molecule has 0 radical (unpaired) electrons. The molecule has 8 nitrogen and oxygen atoms in total. The molecule has 8 heteroatoms. The summed E-state index contributed by atoms with van der Waals surface area (Å²) in [5.74, 6) is -0.733. The first-order valence-corrected chi connectivity index (χ1v) is 10.4. The van der Waals surface area contributed by atoms with E-state index in [-0.39, 0.29) is 5.91 Å². The number of fused-ring (bicyclic) bond motifs is 1. The van der Waals surface area contributed by atoms with Crippen LogP contribution in [0.15, 0.2) is 60.8 Å². The van der Waals surface area contributed by atoms with Crippen LogP contribution in [0.25, 0.3) is 10.8 Å². The van der Waals surface area contributed by atoms with Crippen LogP contribution in [0.2, 0.25) is 0 Å². The molecule has 32 heavy (non-hydrogen) atoms. The van der Waals surface area contributed by atoms with Crippen LogP contribution in [0.5, 0.6) is 0 Å². The minimum absolute atomic E-state index is 0.242. The van der Waals surface area contributed by atoms with Crippen molar-refractivity contribution in [3.8, 4) is 0 Å². The van der Waals surface area contributed by atoms with Gasteiger partial charge in [-0.2, -0.15) is 0 Å². The number of pyridine rings is 1. The molecule has 0 spiro atoms. The van der Waals surface area contributed by atoms with Crippen LogP contribution in [0.1, 0.15) is 30.6 Å². The average molecular weight is 432 g/mol. The molecule has 0 aliphatic carbocycles. The van der Waals surface area contributed by atoms with E-state index in [1.54, 1.807) is 30.5 Å². The van der Waals surface area contributed by atoms with Gasteiger partial charge in [-0.25, -0.2) is 4.98 Å². The Kier molecular flexibility index (Phi) is 6.02. The summed E-state index contributed by atoms with van der Waals surface area (Å²) in [5.41, 5.74) is 7.37. The summed E-state index contributed by atoms with van der Waals surface area (Å²) in [4.78, 5) is 42.9. The van der Waals surface area contributed by atoms with Crippen molar-refractivity contribution in [1.29, 1.82) is 0 Å². The van der Waals surface area contributed by atoms with E-state index in [1.165, 1.54) is 11.8 Å². The van der Waals surface area contributed by atoms with Crippen LogP contribution in [0, 0.1) is 0 Å². The van der Waals surface area contributed by atoms with E-state index in [0.29, 0.717) is 30.9 Å². The van der Waals surface area contributed by atoms with E-state index in [0.717, 1.165) is 16.3 Å². The molecule has 1 aliphatic heterocycles. The SMILES string of the molecule is CC(=O)O[C@@H](C(=O)N1CC[C@H]1C(=O)NCc1ccc2c(N)nccc2c1)c1ccccc1. The van der Waals surface area contributed by atoms with Gasteiger partial charge in [0, 0.05) is 37.2 Å². The van der Waals surface area contributed by atoms with Gasteiger partial charge in [-0.05, 0) is 29.5 Å². The molecule has 0 unspecified atom stereocenters. The molecule has 2 atom stereocenters. The number of hydrogen-bond acceptors (Lipinski definition) is 6. The molecule has 1 saturated heterocycles. The molecule has 2 amide bonds. The number of esters is 1. The highest BCUT2D eigenvalue weighted by Gasteiger charge is 2.41. The third-order valence-corrected chi connectivity index (χ3v) is 5.54. The van der Waals surface area contributed by atoms with Gasteiger partial charge in [0.1, 0.15) is 11.9 Å². The standard InChI is InChI=1S/C24H24N4O4/c1-15(29)32-21(17-5-3-2-4-6-17)24(31)28-12-10-20(28)23(30)27-14-16-7-8-19-18(13-16)9-11-26-22(19)25/h2-9,11,13,20-21H,10,12,14H2,1H3,(H2,25,26)(H,27,30)/t20-,21+/m0/s1. The van der Waals surface area contributed by atoms with Crippen LogP contribution in [-0.2, 0) is 25.7 Å². The van der Waals surface area contributed by atoms with E-state index in [2.05, 4.69) is 10.3 Å². The zero-order valence-corrected chi connectivity index (χ0v) is 17.7. The molecule has 4 rings (SSSR count). The predicted molar refractivity (Wildman–Crippen MR) is 119 cm³/mol. The Balaban J connectivity index is 1.42. The Morgan fingerprint density at radius 3 is 2.66 bits per heavy atom. The molecule has 2 aromatic carbocycles. The third-order valence-electron chi connectivity index (χ3n) is 5.54. The minimum Gasteiger partial charge on any atom is -0.447 e. The highest BCUT2D eigenvalue weighted by molar-refractivity contribution is 5.93. The van der Waals surface area contributed by atoms with Crippen molar-refractivity contribution >= 4 is 34.4 Å². The number of anilines is 1. The maximum absolute atomic E-state index is 13.1. The molecular weight excluding hydrogens is 408 g/mol. The number of nitrogens with two attached hydrogens (primary N) is 1. The van der Waals surface area contributed by atoms with Crippen molar-refractivity contribution in [3.05, 3.63) is 71.9 Å². The molecule has 0 saturated carbocycles. The van der Waals surface area contributed by atoms with Crippen molar-refractivity contribution in [3.63, 3.8) is 0 Å². The van der Waals surface area contributed by atoms with Gasteiger partial charge < -0.3 is 20.7 Å². The first kappa shape index (κ1) is 21.3. The number of nitrogens with one attached hydrogen (secondary N) is 1. The Labute approximate surface area is 185 Å². The molecule has 3 N–H and O–H groups in total. The van der Waals surface area contributed by atoms with Gasteiger partial charge in [0.25, 0.3) is 5.91 Å². The van der Waals surface area contributed by atoms with Crippen molar-refractivity contribution in [2.45, 2.75) is 32.0 Å². The lowest BCUT2D eigenvalue weighted by Crippen LogP contribution is -2.59. The number of carbonyl (C=O) groups is 3. The predicted octanol–water partition coefficient (Wildman–Crippen LogP) is 2.34. The molecule has 3 aromatic rings. The number of carbonyl (C=O) groups excluding carboxylic acids is 3. The second-order valence-corrected chi connectivity index (χ2v) is 7.71. The molecule has 164 valence electrons. The molecule has 1 aliphatic rings. The van der Waals surface area contributed by atoms with Crippen LogP contribution >= 0.6 is 0 Å². The molecule has 0 bridgehead atoms. The lowest BCUT2D eigenvalue weighted by molar-refractivity contribution is -0.165. The Bertz CT molecular complexity index is 1170. The largest absolute Gasteiger partial charge is 0.447 e. The molecule has 1 fully saturated rings. The summed E-state index contributed by atoms with van der Waals surface area (Å²) >= 11 is 0. The number of rotatable bonds is 6. The first-order valence-electron chi connectivity index (χ1n) is 10.4. The fraction of sp³-hybridized carbons (Fsp3) is 0.250. The molecule has 2 heterocycles. The Morgan fingerprint density at radius 1 is 1.19 bits per heavy atom. The Morgan fingerprint density at radius 2 is 1.97 bits per heavy atom. The smallest absolute Gasteiger partial charge is 0.303 e. The average Bonchev–Trinajstić information content (AvgIpc) is 2.76. The summed E-state index contributed by atoms with van der Waals surface area (Å²) in [6.45, 7) is 2.02. The molecular formula is C24H24N4O4. The summed E-state index contributed by atoms with van der Waals surface area (Å²) in [6, 6.07) is 15.8. The number of hydrogen-bond donors (Lipinski definition) is 2. The zero-order valence-electron chi connectivity index (χ0n) is 17.7. The van der Waals surface area contributed by atoms with Gasteiger partial charge in [0.15, 0.2) is 0 Å². The number of likely N-dealkylation sites (tertiary alicyclic amines) is 1. The van der Waals surface area contributed by atoms with Gasteiger partial charge >= 0.3 is 5.97 Å². The number of amides is 2. The van der Waals surface area contributed by atoms with E-state index in [4.69, 9.17) is 10.5 Å². The monoisotopic (exact) mass is 432 g/mol. The number of benzene rings is 2. The van der Waals surface area contributed by atoms with E-state index >= 15 is 0 Å². The quantitative estimate of drug-likeness (QED) is 0.578. The Hall–Kier alpha value is -3.94. The maximum Gasteiger partial charge on any atom is 0.303 e. The van der Waals surface area contributed by atoms with Crippen molar-refractivity contribution in [2.75, 3.05) is 12.3 Å². The van der Waals surface area contributed by atoms with Crippen LogP contribution in [0.3, 0.4) is 0 Å². The fourth-order valence-electron chi connectivity index (χ4n) is 3.80. The number of nitrogen functional groups attached to an aromatic ring is 1. The summed E-state index contributed by atoms with van der Waals surface area (Å²) in [6.07, 6.45) is 1.13. The lowest BCUT2D eigenvalue weighted by atomic mass is 9.98. The summed E-state index contributed by atoms with van der Waals surface area (Å²) < 4.78 is 5.29. The van der Waals surface area contributed by atoms with E-state index in [1.807, 2.05) is 30.3 Å². The first-order chi connectivity index (χ1) is 15.4. The minimum atomic E-state index is -1.07.